The molecule has 13 aromatic rings. The molecule has 8 aromatic carbocycles. The van der Waals surface area contributed by atoms with Crippen LogP contribution in [0.4, 0.5) is 0 Å². The van der Waals surface area contributed by atoms with Gasteiger partial charge < -0.3 is 4.57 Å². The molecule has 266 valence electrons. The Hall–Kier alpha value is -7.83. The third-order valence-electron chi connectivity index (χ3n) is 11.9. The molecule has 0 bridgehead atoms. The fourth-order valence-corrected chi connectivity index (χ4v) is 9.55. The molecule has 0 unspecified atom stereocenters. The molecule has 13 rings (SSSR count). The highest BCUT2D eigenvalue weighted by molar-refractivity contribution is 6.22. The van der Waals surface area contributed by atoms with Crippen LogP contribution in [0.25, 0.3) is 105 Å². The van der Waals surface area contributed by atoms with Crippen LogP contribution in [0.3, 0.4) is 0 Å². The fourth-order valence-electron chi connectivity index (χ4n) is 9.55. The number of hydrogen-bond donors (Lipinski definition) is 0. The first-order chi connectivity index (χ1) is 28.3. The van der Waals surface area contributed by atoms with Crippen LogP contribution in [0.2, 0.25) is 0 Å². The van der Waals surface area contributed by atoms with Crippen LogP contribution in [-0.2, 0) is 0 Å². The van der Waals surface area contributed by atoms with Crippen LogP contribution in [0, 0.1) is 0 Å². The lowest BCUT2D eigenvalue weighted by atomic mass is 10.1. The average Bonchev–Trinajstić information content (AvgIpc) is 4.06. The Balaban J connectivity index is 1.07. The summed E-state index contributed by atoms with van der Waals surface area (Å²) >= 11 is 0. The van der Waals surface area contributed by atoms with E-state index in [1.54, 1.807) is 0 Å². The molecular formula is C51H32N6. The van der Waals surface area contributed by atoms with Gasteiger partial charge in [0.1, 0.15) is 5.65 Å². The van der Waals surface area contributed by atoms with Crippen molar-refractivity contribution in [1.29, 1.82) is 0 Å². The van der Waals surface area contributed by atoms with Crippen molar-refractivity contribution in [3.63, 3.8) is 0 Å². The Morgan fingerprint density at radius 1 is 0.298 bits per heavy atom. The van der Waals surface area contributed by atoms with Gasteiger partial charge in [-0.1, -0.05) is 109 Å². The number of rotatable bonds is 4. The Bertz CT molecular complexity index is 3700. The first kappa shape index (κ1) is 30.5. The van der Waals surface area contributed by atoms with Gasteiger partial charge in [0.25, 0.3) is 0 Å². The van der Waals surface area contributed by atoms with Gasteiger partial charge in [-0.3, -0.25) is 18.1 Å². The van der Waals surface area contributed by atoms with E-state index < -0.39 is 0 Å². The molecule has 0 aliphatic rings. The lowest BCUT2D eigenvalue weighted by molar-refractivity contribution is 1.05. The zero-order valence-corrected chi connectivity index (χ0v) is 30.7. The van der Waals surface area contributed by atoms with Gasteiger partial charge in [-0.15, -0.1) is 0 Å². The van der Waals surface area contributed by atoms with E-state index in [9.17, 15) is 0 Å². The van der Waals surface area contributed by atoms with Crippen molar-refractivity contribution in [2.24, 2.45) is 0 Å². The zero-order chi connectivity index (χ0) is 37.2. The summed E-state index contributed by atoms with van der Waals surface area (Å²) in [4.78, 5) is 5.36. The number of hydrogen-bond acceptors (Lipinski definition) is 1. The maximum Gasteiger partial charge on any atom is 0.220 e. The second kappa shape index (κ2) is 11.4. The third kappa shape index (κ3) is 4.10. The van der Waals surface area contributed by atoms with Gasteiger partial charge in [-0.25, -0.2) is 4.98 Å². The number of fused-ring (bicyclic) bond motifs is 13. The van der Waals surface area contributed by atoms with Crippen molar-refractivity contribution in [2.75, 3.05) is 0 Å². The summed E-state index contributed by atoms with van der Waals surface area (Å²) in [5.41, 5.74) is 14.5. The first-order valence-corrected chi connectivity index (χ1v) is 19.4. The minimum atomic E-state index is 0.878. The molecule has 6 nitrogen and oxygen atoms in total. The van der Waals surface area contributed by atoms with Gasteiger partial charge in [-0.05, 0) is 84.9 Å². The van der Waals surface area contributed by atoms with Crippen molar-refractivity contribution in [2.45, 2.75) is 0 Å². The molecule has 0 aliphatic carbocycles. The molecule has 0 aliphatic heterocycles. The van der Waals surface area contributed by atoms with Crippen LogP contribution >= 0.6 is 0 Å². The monoisotopic (exact) mass is 728 g/mol. The molecule has 57 heavy (non-hydrogen) atoms. The number of nitrogens with zero attached hydrogens (tertiary/aromatic N) is 6. The Labute approximate surface area is 325 Å². The van der Waals surface area contributed by atoms with Gasteiger partial charge in [0.05, 0.1) is 49.8 Å². The second-order valence-corrected chi connectivity index (χ2v) is 14.9. The molecule has 0 saturated heterocycles. The SMILES string of the molecule is c1ccc(-n2c3ccccc3c3c4ccccc4n(-c4cccc(-n5c6ccccc6n6c7cc(-n8c9ccccc9c9ccccc98)ccc7nc56)c4)c32)cc1. The third-order valence-corrected chi connectivity index (χ3v) is 11.9. The molecule has 0 amide bonds. The van der Waals surface area contributed by atoms with Crippen LogP contribution < -0.4 is 0 Å². The number of para-hydroxylation sites is 7. The molecule has 0 atom stereocenters. The summed E-state index contributed by atoms with van der Waals surface area (Å²) < 4.78 is 11.9. The van der Waals surface area contributed by atoms with Gasteiger partial charge in [0.2, 0.25) is 5.78 Å². The standard InChI is InChI=1S/C51H32N6/c1-2-15-33(16-3-1)54-44-25-10-6-21-39(44)49-40-22-7-11-26-45(40)55(50(49)54)34-17-14-18-35(31-34)56-46-27-12-13-28-47(46)57-48-32-36(29-30-41(48)52-51(56)57)53-42-23-8-4-19-37(42)38-20-5-9-24-43(38)53/h1-32H. The molecule has 0 fully saturated rings. The van der Waals surface area contributed by atoms with E-state index in [4.69, 9.17) is 4.98 Å². The zero-order valence-electron chi connectivity index (χ0n) is 30.7. The first-order valence-electron chi connectivity index (χ1n) is 19.4. The number of benzene rings is 8. The van der Waals surface area contributed by atoms with E-state index in [0.29, 0.717) is 0 Å². The van der Waals surface area contributed by atoms with E-state index in [1.807, 2.05) is 0 Å². The Morgan fingerprint density at radius 3 is 1.42 bits per heavy atom. The number of aromatic nitrogens is 6. The van der Waals surface area contributed by atoms with E-state index >= 15 is 0 Å². The second-order valence-electron chi connectivity index (χ2n) is 14.9. The Morgan fingerprint density at radius 2 is 0.772 bits per heavy atom. The lowest BCUT2D eigenvalue weighted by Crippen LogP contribution is -2.03. The van der Waals surface area contributed by atoms with Crippen LogP contribution in [0.15, 0.2) is 194 Å². The predicted molar refractivity (Wildman–Crippen MR) is 235 cm³/mol. The minimum Gasteiger partial charge on any atom is -0.309 e. The lowest BCUT2D eigenvalue weighted by Gasteiger charge is -2.14. The topological polar surface area (TPSA) is 37.0 Å². The normalized spacial score (nSPS) is 12.2. The van der Waals surface area contributed by atoms with Crippen molar-refractivity contribution in [1.82, 2.24) is 27.7 Å². The highest BCUT2D eigenvalue weighted by atomic mass is 15.2. The molecule has 5 heterocycles. The highest BCUT2D eigenvalue weighted by Crippen LogP contribution is 2.41. The largest absolute Gasteiger partial charge is 0.309 e. The number of imidazole rings is 2. The van der Waals surface area contributed by atoms with Crippen molar-refractivity contribution < 1.29 is 0 Å². The van der Waals surface area contributed by atoms with Crippen molar-refractivity contribution in [3.05, 3.63) is 194 Å². The summed E-state index contributed by atoms with van der Waals surface area (Å²) in [7, 11) is 0. The van der Waals surface area contributed by atoms with E-state index in [2.05, 4.69) is 217 Å². The summed E-state index contributed by atoms with van der Waals surface area (Å²) in [6.07, 6.45) is 0. The maximum absolute atomic E-state index is 5.36. The van der Waals surface area contributed by atoms with Crippen LogP contribution in [0.5, 0.6) is 0 Å². The van der Waals surface area contributed by atoms with E-state index in [1.165, 1.54) is 49.0 Å². The van der Waals surface area contributed by atoms with Crippen molar-refractivity contribution in [3.8, 4) is 22.7 Å². The fraction of sp³-hybridized carbons (Fsp3) is 0. The molecule has 0 spiro atoms. The summed E-state index contributed by atoms with van der Waals surface area (Å²) in [5, 5.41) is 6.23. The Kier molecular flexibility index (Phi) is 6.07. The highest BCUT2D eigenvalue weighted by Gasteiger charge is 2.23. The molecule has 0 N–H and O–H groups in total. The summed E-state index contributed by atoms with van der Waals surface area (Å²) in [6.45, 7) is 0. The summed E-state index contributed by atoms with van der Waals surface area (Å²) in [5.74, 6) is 0.878. The van der Waals surface area contributed by atoms with Crippen LogP contribution in [0.1, 0.15) is 0 Å². The molecule has 5 aromatic heterocycles. The van der Waals surface area contributed by atoms with Gasteiger partial charge in [0, 0.05) is 44.0 Å². The van der Waals surface area contributed by atoms with Gasteiger partial charge >= 0.3 is 0 Å². The predicted octanol–water partition coefficient (Wildman–Crippen LogP) is 12.6. The minimum absolute atomic E-state index is 0.878. The molecular weight excluding hydrogens is 697 g/mol. The van der Waals surface area contributed by atoms with E-state index in [-0.39, 0.29) is 0 Å². The average molecular weight is 729 g/mol. The quantitative estimate of drug-likeness (QED) is 0.178. The maximum atomic E-state index is 5.36. The van der Waals surface area contributed by atoms with Crippen LogP contribution in [-0.4, -0.2) is 27.7 Å². The van der Waals surface area contributed by atoms with Crippen molar-refractivity contribution >= 4 is 82.5 Å². The molecule has 6 heteroatoms. The summed E-state index contributed by atoms with van der Waals surface area (Å²) in [6, 6.07) is 69.9. The molecule has 0 radical (unpaired) electrons. The van der Waals surface area contributed by atoms with E-state index in [0.717, 1.165) is 56.2 Å². The van der Waals surface area contributed by atoms with Gasteiger partial charge in [0.15, 0.2) is 0 Å². The van der Waals surface area contributed by atoms with Gasteiger partial charge in [-0.2, -0.15) is 0 Å². The smallest absolute Gasteiger partial charge is 0.220 e. The molecule has 0 saturated carbocycles.